The maximum Gasteiger partial charge on any atom is 0.185 e. The maximum absolute atomic E-state index is 12.1. The number of fused-ring (bicyclic) bond motifs is 1. The second-order valence-electron chi connectivity index (χ2n) is 5.42. The van der Waals surface area contributed by atoms with Crippen LogP contribution in [0.25, 0.3) is 28.2 Å². The molecule has 25 heavy (non-hydrogen) atoms. The van der Waals surface area contributed by atoms with Crippen molar-refractivity contribution in [2.45, 2.75) is 0 Å². The number of pyridine rings is 1. The fraction of sp³-hybridized carbons (Fsp3) is 0. The van der Waals surface area contributed by atoms with Crippen LogP contribution in [-0.2, 0) is 0 Å². The van der Waals surface area contributed by atoms with Crippen LogP contribution in [0, 0.1) is 6.07 Å². The Labute approximate surface area is 148 Å². The molecule has 4 nitrogen and oxygen atoms in total. The summed E-state index contributed by atoms with van der Waals surface area (Å²) in [5, 5.41) is 7.02. The lowest BCUT2D eigenvalue weighted by atomic mass is 10.1. The third kappa shape index (κ3) is 3.36. The molecule has 2 aromatic heterocycles. The van der Waals surface area contributed by atoms with Gasteiger partial charge in [0.2, 0.25) is 0 Å². The van der Waals surface area contributed by atoms with Crippen LogP contribution < -0.4 is 0 Å². The number of benzene rings is 2. The molecule has 2 aromatic carbocycles. The van der Waals surface area contributed by atoms with Crippen LogP contribution in [0.3, 0.4) is 0 Å². The van der Waals surface area contributed by atoms with Gasteiger partial charge in [0.25, 0.3) is 0 Å². The Morgan fingerprint density at radius 2 is 1.96 bits per heavy atom. The highest BCUT2D eigenvalue weighted by Gasteiger charge is 2.04. The van der Waals surface area contributed by atoms with Crippen LogP contribution in [0.5, 0.6) is 0 Å². The minimum absolute atomic E-state index is 0.0534. The van der Waals surface area contributed by atoms with E-state index in [4.69, 9.17) is 0 Å². The van der Waals surface area contributed by atoms with Gasteiger partial charge in [0.1, 0.15) is 5.69 Å². The van der Waals surface area contributed by atoms with E-state index in [1.807, 2.05) is 35.7 Å². The molecular formula is C20H12N3OS. The molecule has 0 aliphatic carbocycles. The minimum atomic E-state index is -0.0534. The van der Waals surface area contributed by atoms with E-state index in [9.17, 15) is 4.79 Å². The van der Waals surface area contributed by atoms with E-state index in [0.29, 0.717) is 5.56 Å². The normalized spacial score (nSPS) is 11.2. The number of nitrogens with zero attached hydrogens (tertiary/aromatic N) is 3. The molecule has 0 bridgehead atoms. The van der Waals surface area contributed by atoms with Crippen molar-refractivity contribution >= 4 is 34.3 Å². The zero-order chi connectivity index (χ0) is 17.1. The molecule has 0 aliphatic heterocycles. The highest BCUT2D eigenvalue weighted by atomic mass is 32.1. The average molecular weight is 342 g/mol. The van der Waals surface area contributed by atoms with Gasteiger partial charge >= 0.3 is 0 Å². The molecule has 0 N–H and O–H groups in total. The van der Waals surface area contributed by atoms with Gasteiger partial charge in [-0.15, -0.1) is 5.10 Å². The highest BCUT2D eigenvalue weighted by molar-refractivity contribution is 7.03. The van der Waals surface area contributed by atoms with Crippen molar-refractivity contribution in [2.75, 3.05) is 0 Å². The lowest BCUT2D eigenvalue weighted by Gasteiger charge is -2.02. The van der Waals surface area contributed by atoms with Gasteiger partial charge in [-0.25, -0.2) is 4.98 Å². The van der Waals surface area contributed by atoms with Crippen molar-refractivity contribution in [3.63, 3.8) is 0 Å². The number of hydrogen-bond donors (Lipinski definition) is 0. The summed E-state index contributed by atoms with van der Waals surface area (Å²) in [7, 11) is 0. The van der Waals surface area contributed by atoms with Crippen molar-refractivity contribution < 1.29 is 4.79 Å². The van der Waals surface area contributed by atoms with Gasteiger partial charge in [-0.1, -0.05) is 40.9 Å². The molecule has 0 saturated heterocycles. The molecule has 1 radical (unpaired) electrons. The first-order valence-corrected chi connectivity index (χ1v) is 8.50. The summed E-state index contributed by atoms with van der Waals surface area (Å²) in [6, 6.07) is 19.7. The third-order valence-electron chi connectivity index (χ3n) is 3.77. The van der Waals surface area contributed by atoms with E-state index >= 15 is 0 Å². The molecule has 0 amide bonds. The Morgan fingerprint density at radius 1 is 1.08 bits per heavy atom. The average Bonchev–Trinajstić information content (AvgIpc) is 3.21. The first-order valence-electron chi connectivity index (χ1n) is 7.66. The third-order valence-corrected chi connectivity index (χ3v) is 4.28. The van der Waals surface area contributed by atoms with E-state index in [2.05, 4.69) is 20.6 Å². The predicted molar refractivity (Wildman–Crippen MR) is 99.3 cm³/mol. The van der Waals surface area contributed by atoms with E-state index in [1.54, 1.807) is 36.4 Å². The molecule has 0 spiro atoms. The zero-order valence-electron chi connectivity index (χ0n) is 13.1. The first-order chi connectivity index (χ1) is 12.3. The van der Waals surface area contributed by atoms with E-state index in [0.717, 1.165) is 27.9 Å². The fourth-order valence-electron chi connectivity index (χ4n) is 2.49. The Bertz CT molecular complexity index is 1060. The Balaban J connectivity index is 1.60. The van der Waals surface area contributed by atoms with E-state index < -0.39 is 0 Å². The molecule has 119 valence electrons. The molecule has 0 aliphatic rings. The maximum atomic E-state index is 12.1. The van der Waals surface area contributed by atoms with Crippen molar-refractivity contribution in [2.24, 2.45) is 0 Å². The van der Waals surface area contributed by atoms with Gasteiger partial charge in [0.15, 0.2) is 5.78 Å². The van der Waals surface area contributed by atoms with Crippen LogP contribution >= 0.6 is 11.5 Å². The van der Waals surface area contributed by atoms with Crippen molar-refractivity contribution in [3.8, 4) is 11.3 Å². The minimum Gasteiger partial charge on any atom is -0.289 e. The lowest BCUT2D eigenvalue weighted by molar-refractivity contribution is 0.104. The number of ketones is 1. The first kappa shape index (κ1) is 15.4. The van der Waals surface area contributed by atoms with Crippen LogP contribution in [0.15, 0.2) is 66.1 Å². The monoisotopic (exact) mass is 342 g/mol. The molecular weight excluding hydrogens is 330 g/mol. The van der Waals surface area contributed by atoms with Gasteiger partial charge in [-0.2, -0.15) is 0 Å². The summed E-state index contributed by atoms with van der Waals surface area (Å²) < 4.78 is 3.89. The Hall–Kier alpha value is -3.18. The molecule has 5 heteroatoms. The molecule has 2 heterocycles. The summed E-state index contributed by atoms with van der Waals surface area (Å²) in [5.41, 5.74) is 4.13. The number of hydrogen-bond acceptors (Lipinski definition) is 5. The molecule has 0 saturated carbocycles. The fourth-order valence-corrected chi connectivity index (χ4v) is 2.96. The number of allylic oxidation sites excluding steroid dienone is 1. The summed E-state index contributed by atoms with van der Waals surface area (Å²) in [6.07, 6.45) is 3.27. The van der Waals surface area contributed by atoms with Crippen LogP contribution in [0.4, 0.5) is 0 Å². The zero-order valence-corrected chi connectivity index (χ0v) is 13.9. The number of rotatable bonds is 4. The topological polar surface area (TPSA) is 55.7 Å². The summed E-state index contributed by atoms with van der Waals surface area (Å²) >= 11 is 1.33. The molecule has 0 fully saturated rings. The summed E-state index contributed by atoms with van der Waals surface area (Å²) in [6.45, 7) is 0. The smallest absolute Gasteiger partial charge is 0.185 e. The standard InChI is InChI=1S/C20H12N3OS/c24-20(14-4-2-1-3-5-14)11-9-17-8-6-15-12-16(7-10-18(15)21-17)19-13-25-23-22-19/h2-13H. The lowest BCUT2D eigenvalue weighted by Crippen LogP contribution is -1.93. The van der Waals surface area contributed by atoms with E-state index in [1.165, 1.54) is 11.5 Å². The summed E-state index contributed by atoms with van der Waals surface area (Å²) in [5.74, 6) is -0.0534. The Morgan fingerprint density at radius 3 is 2.76 bits per heavy atom. The van der Waals surface area contributed by atoms with Gasteiger partial charge < -0.3 is 0 Å². The van der Waals surface area contributed by atoms with E-state index in [-0.39, 0.29) is 5.78 Å². The van der Waals surface area contributed by atoms with Crippen LogP contribution in [0.2, 0.25) is 0 Å². The largest absolute Gasteiger partial charge is 0.289 e. The highest BCUT2D eigenvalue weighted by Crippen LogP contribution is 2.23. The number of carbonyl (C=O) groups is 1. The van der Waals surface area contributed by atoms with Gasteiger partial charge in [-0.05, 0) is 47.9 Å². The van der Waals surface area contributed by atoms with Gasteiger partial charge in [-0.3, -0.25) is 4.79 Å². The molecule has 0 unspecified atom stereocenters. The van der Waals surface area contributed by atoms with Gasteiger partial charge in [0.05, 0.1) is 11.2 Å². The molecule has 4 aromatic rings. The second kappa shape index (κ2) is 6.75. The van der Waals surface area contributed by atoms with Gasteiger partial charge in [0, 0.05) is 21.9 Å². The summed E-state index contributed by atoms with van der Waals surface area (Å²) in [4.78, 5) is 16.7. The SMILES string of the molecule is O=C(C=Cc1ccc2cc(-c3csnn3)ccc2n1)c1cc[c]cc1. The van der Waals surface area contributed by atoms with Crippen LogP contribution in [0.1, 0.15) is 16.1 Å². The predicted octanol–water partition coefficient (Wildman–Crippen LogP) is 4.45. The van der Waals surface area contributed by atoms with Crippen molar-refractivity contribution in [1.82, 2.24) is 14.6 Å². The van der Waals surface area contributed by atoms with Crippen molar-refractivity contribution in [1.29, 1.82) is 0 Å². The quantitative estimate of drug-likeness (QED) is 0.406. The van der Waals surface area contributed by atoms with Crippen LogP contribution in [-0.4, -0.2) is 20.4 Å². The number of carbonyl (C=O) groups excluding carboxylic acids is 1. The molecule has 4 rings (SSSR count). The second-order valence-corrected chi connectivity index (χ2v) is 6.03. The Kier molecular flexibility index (Phi) is 4.14. The van der Waals surface area contributed by atoms with Crippen molar-refractivity contribution in [3.05, 3.63) is 83.4 Å². The molecule has 0 atom stereocenters. The number of aromatic nitrogens is 3.